The molecule has 1 atom stereocenters. The van der Waals surface area contributed by atoms with Crippen LogP contribution in [0.1, 0.15) is 55.5 Å². The Labute approximate surface area is 153 Å². The zero-order valence-electron chi connectivity index (χ0n) is 17.6. The van der Waals surface area contributed by atoms with Crippen LogP contribution in [0.2, 0.25) is 0 Å². The average Bonchev–Trinajstić information content (AvgIpc) is 2.62. The van der Waals surface area contributed by atoms with Crippen LogP contribution in [0.3, 0.4) is 0 Å². The summed E-state index contributed by atoms with van der Waals surface area (Å²) in [5, 5.41) is 2.23. The third-order valence-corrected chi connectivity index (χ3v) is 5.70. The molecule has 25 heavy (non-hydrogen) atoms. The van der Waals surface area contributed by atoms with Gasteiger partial charge in [0, 0.05) is 13.0 Å². The van der Waals surface area contributed by atoms with Gasteiger partial charge in [-0.15, -0.1) is 0 Å². The third kappa shape index (κ3) is 3.08. The van der Waals surface area contributed by atoms with E-state index in [1.54, 1.807) is 0 Å². The molecule has 0 saturated heterocycles. The van der Waals surface area contributed by atoms with Crippen molar-refractivity contribution < 1.29 is 5.94 Å². The molecule has 0 bridgehead atoms. The number of benzene rings is 2. The molecule has 1 unspecified atom stereocenters. The molecule has 2 aromatic carbocycles. The van der Waals surface area contributed by atoms with Crippen molar-refractivity contribution in [3.05, 3.63) is 64.3 Å². The molecule has 1 heteroatoms. The summed E-state index contributed by atoms with van der Waals surface area (Å²) >= 11 is 0. The number of aromatic nitrogens is 1. The normalized spacial score (nSPS) is 13.2. The van der Waals surface area contributed by atoms with Crippen molar-refractivity contribution in [3.8, 4) is 11.3 Å². The SMILES string of the molecule is [2H]c1c(C)[n+](C)c(-c2cc(C)cc(C)c2C)c2ccc(C(C)CC)cc12. The Morgan fingerprint density at radius 2 is 1.80 bits per heavy atom. The van der Waals surface area contributed by atoms with Crippen LogP contribution in [0.4, 0.5) is 0 Å². The minimum absolute atomic E-state index is 0.513. The fourth-order valence-electron chi connectivity index (χ4n) is 3.65. The lowest BCUT2D eigenvalue weighted by atomic mass is 9.91. The van der Waals surface area contributed by atoms with Gasteiger partial charge in [0.2, 0.25) is 5.69 Å². The Morgan fingerprint density at radius 1 is 1.08 bits per heavy atom. The van der Waals surface area contributed by atoms with Gasteiger partial charge in [-0.1, -0.05) is 37.6 Å². The fourth-order valence-corrected chi connectivity index (χ4v) is 3.65. The summed E-state index contributed by atoms with van der Waals surface area (Å²) in [6.45, 7) is 13.1. The molecule has 0 amide bonds. The van der Waals surface area contributed by atoms with Crippen LogP contribution in [-0.2, 0) is 7.05 Å². The van der Waals surface area contributed by atoms with Crippen LogP contribution in [0, 0.1) is 27.7 Å². The molecule has 0 saturated carbocycles. The van der Waals surface area contributed by atoms with Crippen LogP contribution >= 0.6 is 0 Å². The van der Waals surface area contributed by atoms with Gasteiger partial charge in [-0.25, -0.2) is 0 Å². The Morgan fingerprint density at radius 3 is 2.48 bits per heavy atom. The first-order valence-corrected chi connectivity index (χ1v) is 9.27. The van der Waals surface area contributed by atoms with Gasteiger partial charge in [0.25, 0.3) is 0 Å². The predicted octanol–water partition coefficient (Wildman–Crippen LogP) is 6.08. The Bertz CT molecular complexity index is 1000. The molecule has 0 fully saturated rings. The number of hydrogen-bond acceptors (Lipinski definition) is 0. The summed E-state index contributed by atoms with van der Waals surface area (Å²) in [7, 11) is 2.09. The Kier molecular flexibility index (Phi) is 4.33. The number of rotatable bonds is 3. The fraction of sp³-hybridized carbons (Fsp3) is 0.375. The van der Waals surface area contributed by atoms with Crippen LogP contribution < -0.4 is 4.57 Å². The topological polar surface area (TPSA) is 3.88 Å². The maximum Gasteiger partial charge on any atom is 0.220 e. The molecular weight excluding hydrogens is 302 g/mol. The van der Waals surface area contributed by atoms with Gasteiger partial charge < -0.3 is 0 Å². The molecule has 0 spiro atoms. The van der Waals surface area contributed by atoms with Crippen molar-refractivity contribution >= 4 is 10.8 Å². The molecule has 0 N–H and O–H groups in total. The number of aryl methyl sites for hydroxylation is 2. The molecular formula is C24H30N+. The van der Waals surface area contributed by atoms with E-state index in [0.29, 0.717) is 12.0 Å². The number of nitrogens with zero attached hydrogens (tertiary/aromatic N) is 1. The van der Waals surface area contributed by atoms with E-state index in [-0.39, 0.29) is 0 Å². The first-order valence-electron chi connectivity index (χ1n) is 9.77. The highest BCUT2D eigenvalue weighted by Gasteiger charge is 2.21. The maximum atomic E-state index is 8.70. The highest BCUT2D eigenvalue weighted by atomic mass is 14.9. The Balaban J connectivity index is 2.43. The lowest BCUT2D eigenvalue weighted by Gasteiger charge is -2.14. The third-order valence-electron chi connectivity index (χ3n) is 5.70. The van der Waals surface area contributed by atoms with Crippen molar-refractivity contribution in [3.63, 3.8) is 0 Å². The van der Waals surface area contributed by atoms with E-state index in [1.165, 1.54) is 38.9 Å². The summed E-state index contributed by atoms with van der Waals surface area (Å²) in [6, 6.07) is 11.9. The van der Waals surface area contributed by atoms with Crippen LogP contribution in [0.15, 0.2) is 36.4 Å². The largest absolute Gasteiger partial charge is 0.220 e. The van der Waals surface area contributed by atoms with Crippen molar-refractivity contribution in [2.75, 3.05) is 0 Å². The molecule has 0 aliphatic rings. The van der Waals surface area contributed by atoms with Crippen molar-refractivity contribution in [1.29, 1.82) is 0 Å². The van der Waals surface area contributed by atoms with Crippen LogP contribution in [0.5, 0.6) is 0 Å². The van der Waals surface area contributed by atoms with Crippen LogP contribution in [0.25, 0.3) is 22.0 Å². The molecule has 1 nitrogen and oxygen atoms in total. The molecule has 3 rings (SSSR count). The quantitative estimate of drug-likeness (QED) is 0.511. The van der Waals surface area contributed by atoms with Crippen molar-refractivity contribution in [2.45, 2.75) is 53.9 Å². The second-order valence-corrected chi connectivity index (χ2v) is 7.49. The number of pyridine rings is 1. The second kappa shape index (κ2) is 6.63. The highest BCUT2D eigenvalue weighted by molar-refractivity contribution is 5.94. The lowest BCUT2D eigenvalue weighted by molar-refractivity contribution is -0.665. The van der Waals surface area contributed by atoms with Crippen LogP contribution in [-0.4, -0.2) is 0 Å². The Hall–Kier alpha value is -2.15. The van der Waals surface area contributed by atoms with Gasteiger partial charge in [0.1, 0.15) is 7.05 Å². The van der Waals surface area contributed by atoms with E-state index in [0.717, 1.165) is 17.5 Å². The van der Waals surface area contributed by atoms with Crippen molar-refractivity contribution in [2.24, 2.45) is 7.05 Å². The van der Waals surface area contributed by atoms with E-state index >= 15 is 0 Å². The summed E-state index contributed by atoms with van der Waals surface area (Å²) in [5.41, 5.74) is 8.73. The van der Waals surface area contributed by atoms with E-state index < -0.39 is 0 Å². The smallest absolute Gasteiger partial charge is 0.198 e. The summed E-state index contributed by atoms with van der Waals surface area (Å²) in [6.07, 6.45) is 1.11. The number of fused-ring (bicyclic) bond motifs is 1. The van der Waals surface area contributed by atoms with Gasteiger partial charge in [-0.2, -0.15) is 4.57 Å². The highest BCUT2D eigenvalue weighted by Crippen LogP contribution is 2.32. The molecule has 3 aromatic rings. The van der Waals surface area contributed by atoms with E-state index in [9.17, 15) is 0 Å². The van der Waals surface area contributed by atoms with Gasteiger partial charge >= 0.3 is 0 Å². The standard InChI is InChI=1S/C24H30N/c1-8-16(3)20-9-10-22-21(14-20)13-18(5)25(7)24(22)23-12-15(2)11-17(4)19(23)6/h9-14,16H,8H2,1-7H3/q+1/i13D. The minimum atomic E-state index is 0.513. The maximum absolute atomic E-state index is 8.70. The van der Waals surface area contributed by atoms with E-state index in [2.05, 4.69) is 83.5 Å². The lowest BCUT2D eigenvalue weighted by Crippen LogP contribution is -2.35. The minimum Gasteiger partial charge on any atom is -0.198 e. The summed E-state index contributed by atoms with van der Waals surface area (Å²) < 4.78 is 10.9. The van der Waals surface area contributed by atoms with E-state index in [4.69, 9.17) is 1.37 Å². The predicted molar refractivity (Wildman–Crippen MR) is 108 cm³/mol. The average molecular weight is 334 g/mol. The first kappa shape index (κ1) is 16.3. The monoisotopic (exact) mass is 333 g/mol. The molecule has 1 aromatic heterocycles. The molecule has 130 valence electrons. The first-order chi connectivity index (χ1) is 12.3. The zero-order valence-corrected chi connectivity index (χ0v) is 16.6. The number of hydrogen-bond donors (Lipinski definition) is 0. The summed E-state index contributed by atoms with van der Waals surface area (Å²) in [4.78, 5) is 0. The molecule has 0 aliphatic carbocycles. The summed E-state index contributed by atoms with van der Waals surface area (Å²) in [5.74, 6) is 0.513. The van der Waals surface area contributed by atoms with Gasteiger partial charge in [0.05, 0.1) is 12.3 Å². The van der Waals surface area contributed by atoms with E-state index in [1.807, 2.05) is 0 Å². The molecule has 0 radical (unpaired) electrons. The van der Waals surface area contributed by atoms with Gasteiger partial charge in [-0.05, 0) is 67.3 Å². The van der Waals surface area contributed by atoms with Gasteiger partial charge in [-0.3, -0.25) is 0 Å². The molecule has 1 heterocycles. The second-order valence-electron chi connectivity index (χ2n) is 7.49. The van der Waals surface area contributed by atoms with Crippen molar-refractivity contribution in [1.82, 2.24) is 0 Å². The molecule has 0 aliphatic heterocycles. The van der Waals surface area contributed by atoms with Gasteiger partial charge in [0.15, 0.2) is 5.69 Å². The zero-order chi connectivity index (χ0) is 19.2.